The number of likely N-dealkylation sites (N-methyl/N-ethyl adjacent to an activating group) is 1. The van der Waals surface area contributed by atoms with Gasteiger partial charge in [0.1, 0.15) is 78.4 Å². The number of halogens is 4. The number of primary amides is 2. The first-order valence-corrected chi connectivity index (χ1v) is 25.5. The number of hydrogen-bond donors (Lipinski definition) is 7. The number of alkyl halides is 1. The number of pyridine rings is 2. The van der Waals surface area contributed by atoms with Gasteiger partial charge in [-0.15, -0.1) is 22.9 Å². The number of aromatic amines is 1. The minimum atomic E-state index is -0.655. The number of thiophene rings is 1. The Morgan fingerprint density at radius 2 is 1.31 bits per heavy atom. The van der Waals surface area contributed by atoms with Gasteiger partial charge < -0.3 is 63.2 Å². The highest BCUT2D eigenvalue weighted by molar-refractivity contribution is 9.11. The second kappa shape index (κ2) is 32.4. The van der Waals surface area contributed by atoms with Crippen molar-refractivity contribution in [2.45, 2.75) is 6.42 Å². The predicted molar refractivity (Wildman–Crippen MR) is 308 cm³/mol. The number of rotatable bonds is 9. The number of thiocarbonyl (C=S) groups is 1. The number of anilines is 3. The molecule has 1 aliphatic heterocycles. The molecule has 13 N–H and O–H groups in total. The van der Waals surface area contributed by atoms with Crippen molar-refractivity contribution < 1.29 is 33.3 Å². The second-order valence-electron chi connectivity index (χ2n) is 14.5. The molecule has 1 fully saturated rings. The van der Waals surface area contributed by atoms with Crippen LogP contribution in [0.4, 0.5) is 17.3 Å². The average molecular weight is 1290 g/mol. The Morgan fingerprint density at radius 3 is 1.67 bits per heavy atom. The third-order valence-corrected chi connectivity index (χ3v) is 13.4. The van der Waals surface area contributed by atoms with E-state index in [2.05, 4.69) is 93.7 Å². The molecule has 6 aromatic rings. The molecule has 0 atom stereocenters. The first-order chi connectivity index (χ1) is 35.6. The van der Waals surface area contributed by atoms with Crippen LogP contribution in [0.25, 0.3) is 32.5 Å². The number of nitrogens with one attached hydrogen (secondary N) is 1. The van der Waals surface area contributed by atoms with E-state index in [0.717, 1.165) is 54.1 Å². The Kier molecular flexibility index (Phi) is 27.7. The number of aromatic nitrogens is 2. The molecule has 75 heavy (non-hydrogen) atoms. The molecule has 1 saturated heterocycles. The van der Waals surface area contributed by atoms with E-state index in [1.54, 1.807) is 82.0 Å². The number of morpholine rings is 1. The minimum absolute atomic E-state index is 0.0602. The number of amides is 2. The summed E-state index contributed by atoms with van der Waals surface area (Å²) in [5, 5.41) is 36.5. The van der Waals surface area contributed by atoms with Crippen LogP contribution in [-0.4, -0.2) is 98.5 Å². The SMILES string of the molecule is CN1CCOCC1.COc1ccc(-c2c(C#N)c(N)[nH]c(=S)c2C#N)c(Br)c1.COc1ccc(-c2c(C#N)c(N)nc3sc(C(N)=O)c(N)c23)c(Br)c1.COc1ccc(C=O)c(Br)c1.N#CCC(N)=S.NC(=O)CCl. The van der Waals surface area contributed by atoms with Crippen LogP contribution >= 0.6 is 95.2 Å². The van der Waals surface area contributed by atoms with Crippen molar-refractivity contribution in [2.75, 3.05) is 77.8 Å². The highest BCUT2D eigenvalue weighted by Gasteiger charge is 2.25. The molecule has 0 radical (unpaired) electrons. The third-order valence-electron chi connectivity index (χ3n) is 9.55. The van der Waals surface area contributed by atoms with E-state index in [1.807, 2.05) is 12.1 Å². The summed E-state index contributed by atoms with van der Waals surface area (Å²) in [5.74, 6) is 1.01. The van der Waals surface area contributed by atoms with Gasteiger partial charge in [-0.05, 0) is 88.7 Å². The fourth-order valence-electron chi connectivity index (χ4n) is 5.96. The Morgan fingerprint density at radius 1 is 0.827 bits per heavy atom. The molecule has 20 nitrogen and oxygen atoms in total. The molecule has 2 amide bonds. The Hall–Kier alpha value is -6.95. The zero-order valence-electron chi connectivity index (χ0n) is 40.3. The number of nitrogens with two attached hydrogens (primary N) is 6. The van der Waals surface area contributed by atoms with Crippen LogP contribution in [0.1, 0.15) is 43.1 Å². The third kappa shape index (κ3) is 18.7. The summed E-state index contributed by atoms with van der Waals surface area (Å²) in [6, 6.07) is 23.6. The Labute approximate surface area is 476 Å². The van der Waals surface area contributed by atoms with Gasteiger partial charge in [-0.25, -0.2) is 4.98 Å². The van der Waals surface area contributed by atoms with Crippen LogP contribution in [0, 0.1) is 50.0 Å². The molecular formula is C48H47Br3ClN13O7S3. The van der Waals surface area contributed by atoms with Gasteiger partial charge in [-0.3, -0.25) is 14.4 Å². The fraction of sp³-hybridized carbons (Fsp3) is 0.208. The molecule has 392 valence electrons. The maximum Gasteiger partial charge on any atom is 0.260 e. The first-order valence-electron chi connectivity index (χ1n) is 20.9. The van der Waals surface area contributed by atoms with Crippen molar-refractivity contribution in [2.24, 2.45) is 17.2 Å². The van der Waals surface area contributed by atoms with Gasteiger partial charge in [-0.1, -0.05) is 56.3 Å². The zero-order chi connectivity index (χ0) is 56.5. The van der Waals surface area contributed by atoms with E-state index in [0.29, 0.717) is 58.5 Å². The van der Waals surface area contributed by atoms with Crippen molar-refractivity contribution >= 4 is 146 Å². The maximum absolute atomic E-state index is 11.6. The summed E-state index contributed by atoms with van der Waals surface area (Å²) in [4.78, 5) is 41.5. The normalized spacial score (nSPS) is 11.0. The average Bonchev–Trinajstić information content (AvgIpc) is 3.72. The summed E-state index contributed by atoms with van der Waals surface area (Å²) in [5.41, 5.74) is 36.3. The number of carbonyl (C=O) groups is 3. The van der Waals surface area contributed by atoms with Crippen molar-refractivity contribution in [1.29, 1.82) is 21.0 Å². The lowest BCUT2D eigenvalue weighted by Crippen LogP contribution is -2.32. The van der Waals surface area contributed by atoms with Crippen molar-refractivity contribution in [3.8, 4) is 63.8 Å². The molecule has 0 aliphatic carbocycles. The molecule has 27 heteroatoms. The van der Waals surface area contributed by atoms with E-state index < -0.39 is 11.8 Å². The Bertz CT molecular complexity index is 3280. The zero-order valence-corrected chi connectivity index (χ0v) is 48.2. The quantitative estimate of drug-likeness (QED) is 0.0405. The van der Waals surface area contributed by atoms with Gasteiger partial charge in [0.2, 0.25) is 5.91 Å². The monoisotopic (exact) mass is 1290 g/mol. The number of nitriles is 4. The lowest BCUT2D eigenvalue weighted by Gasteiger charge is -2.21. The number of fused-ring (bicyclic) bond motifs is 1. The smallest absolute Gasteiger partial charge is 0.260 e. The minimum Gasteiger partial charge on any atom is -0.497 e. The van der Waals surface area contributed by atoms with Gasteiger partial charge in [0.25, 0.3) is 5.91 Å². The highest BCUT2D eigenvalue weighted by Crippen LogP contribution is 2.45. The summed E-state index contributed by atoms with van der Waals surface area (Å²) >= 11 is 25.5. The molecule has 1 aliphatic rings. The molecule has 3 aromatic carbocycles. The van der Waals surface area contributed by atoms with Gasteiger partial charge in [0.05, 0.1) is 63.3 Å². The van der Waals surface area contributed by atoms with Crippen LogP contribution in [-0.2, 0) is 9.53 Å². The largest absolute Gasteiger partial charge is 0.497 e. The van der Waals surface area contributed by atoms with Crippen LogP contribution < -0.4 is 48.6 Å². The second-order valence-corrected chi connectivity index (χ2v) is 19.2. The van der Waals surface area contributed by atoms with E-state index in [4.69, 9.17) is 76.7 Å². The van der Waals surface area contributed by atoms with Crippen molar-refractivity contribution in [1.82, 2.24) is 14.9 Å². The number of aldehydes is 1. The molecule has 0 bridgehead atoms. The van der Waals surface area contributed by atoms with Crippen LogP contribution in [0.5, 0.6) is 17.2 Å². The van der Waals surface area contributed by atoms with Crippen LogP contribution in [0.2, 0.25) is 0 Å². The van der Waals surface area contributed by atoms with Gasteiger partial charge in [0, 0.05) is 48.6 Å². The van der Waals surface area contributed by atoms with Crippen molar-refractivity contribution in [3.63, 3.8) is 0 Å². The van der Waals surface area contributed by atoms with E-state index in [9.17, 15) is 30.2 Å². The molecule has 3 aromatic heterocycles. The fourth-order valence-corrected chi connectivity index (χ4v) is 8.81. The number of carbonyl (C=O) groups excluding carboxylic acids is 3. The number of benzene rings is 3. The summed E-state index contributed by atoms with van der Waals surface area (Å²) < 4.78 is 22.7. The first kappa shape index (κ1) is 64.2. The molecule has 0 unspecified atom stereocenters. The summed E-state index contributed by atoms with van der Waals surface area (Å²) in [7, 11) is 6.81. The molecule has 4 heterocycles. The predicted octanol–water partition coefficient (Wildman–Crippen LogP) is 8.49. The number of H-pyrrole nitrogens is 1. The number of nitrogens with zero attached hydrogens (tertiary/aromatic N) is 6. The standard InChI is InChI=1S/C16H12BrN5O2S.C14H9BrN4OS.C8H7BrO2.C5H11NO.C3H4N2S.C2H4ClNO/c1-24-6-2-3-7(9(17)4-6)10-8(5-18)14(20)22-16-11(10)12(19)13(25-16)15(21)23;1-20-7-2-3-8(11(15)4-7)12-9(5-16)13(18)19-14(21)10(12)6-17;1-11-7-3-2-6(5-10)8(9)4-7;1-6-2-4-7-5-3-6;4-2-1-3(5)6;3-1-2(4)5/h2-4H,19H2,1H3,(H2,20,22)(H2,21,23);2-4H,1H3,(H3,18,19,21);2-5H,1H3;2-5H2,1H3;1H2,(H2,5,6);1H2,(H2,4,5). The van der Waals surface area contributed by atoms with E-state index in [1.165, 1.54) is 0 Å². The number of hydrogen-bond acceptors (Lipinski definition) is 19. The Balaban J connectivity index is 0.000000342. The highest BCUT2D eigenvalue weighted by atomic mass is 79.9. The maximum atomic E-state index is 11.6. The van der Waals surface area contributed by atoms with Crippen molar-refractivity contribution in [3.05, 3.63) is 99.8 Å². The molecular weight excluding hydrogens is 1240 g/mol. The topological polar surface area (TPSA) is 371 Å². The van der Waals surface area contributed by atoms with Gasteiger partial charge >= 0.3 is 0 Å². The molecule has 7 rings (SSSR count). The molecule has 0 spiro atoms. The number of ether oxygens (including phenoxy) is 4. The van der Waals surface area contributed by atoms with Gasteiger partial charge in [0.15, 0.2) is 6.29 Å². The molecule has 0 saturated carbocycles. The summed E-state index contributed by atoms with van der Waals surface area (Å²) in [6.07, 6.45) is 0.985. The lowest BCUT2D eigenvalue weighted by atomic mass is 9.97. The van der Waals surface area contributed by atoms with Gasteiger partial charge in [-0.2, -0.15) is 21.0 Å². The summed E-state index contributed by atoms with van der Waals surface area (Å²) in [6.45, 7) is 4.02. The van der Waals surface area contributed by atoms with E-state index in [-0.39, 0.29) is 60.8 Å². The van der Waals surface area contributed by atoms with Crippen LogP contribution in [0.15, 0.2) is 68.0 Å². The lowest BCUT2D eigenvalue weighted by molar-refractivity contribution is -0.115. The number of nitrogen functional groups attached to an aromatic ring is 3. The number of methoxy groups -OCH3 is 3. The van der Waals surface area contributed by atoms with Crippen LogP contribution in [0.3, 0.4) is 0 Å². The van der Waals surface area contributed by atoms with E-state index >= 15 is 0 Å².